The molecule has 0 amide bonds. The summed E-state index contributed by atoms with van der Waals surface area (Å²) in [7, 11) is 1.76. The summed E-state index contributed by atoms with van der Waals surface area (Å²) in [6, 6.07) is 6.83. The van der Waals surface area contributed by atoms with Gasteiger partial charge in [-0.05, 0) is 38.8 Å². The Morgan fingerprint density at radius 2 is 2.11 bits per heavy atom. The third-order valence-corrected chi connectivity index (χ3v) is 3.62. The number of rotatable bonds is 5. The summed E-state index contributed by atoms with van der Waals surface area (Å²) in [4.78, 5) is 0. The van der Waals surface area contributed by atoms with E-state index in [-0.39, 0.29) is 12.2 Å². The highest BCUT2D eigenvalue weighted by molar-refractivity contribution is 5.53. The first kappa shape index (κ1) is 13.4. The molecule has 0 saturated heterocycles. The minimum absolute atomic E-state index is 0.158. The zero-order valence-electron chi connectivity index (χ0n) is 11.7. The first-order valence-corrected chi connectivity index (χ1v) is 6.64. The van der Waals surface area contributed by atoms with Crippen LogP contribution in [0.2, 0.25) is 0 Å². The van der Waals surface area contributed by atoms with Crippen molar-refractivity contribution in [1.29, 1.82) is 0 Å². The summed E-state index contributed by atoms with van der Waals surface area (Å²) in [5.74, 6) is 0. The van der Waals surface area contributed by atoms with Crippen molar-refractivity contribution in [1.82, 2.24) is 0 Å². The minimum Gasteiger partial charge on any atom is -0.379 e. The molecule has 0 spiro atoms. The summed E-state index contributed by atoms with van der Waals surface area (Å²) >= 11 is 0. The quantitative estimate of drug-likeness (QED) is 0.870. The second-order valence-corrected chi connectivity index (χ2v) is 5.00. The molecule has 3 heteroatoms. The highest BCUT2D eigenvalue weighted by Gasteiger charge is 2.42. The van der Waals surface area contributed by atoms with Crippen molar-refractivity contribution in [2.75, 3.05) is 19.0 Å². The number of aryl methyl sites for hydroxylation is 2. The van der Waals surface area contributed by atoms with Crippen molar-refractivity contribution in [3.05, 3.63) is 29.3 Å². The Kier molecular flexibility index (Phi) is 4.25. The number of methoxy groups -OCH3 is 1. The molecule has 0 aliphatic heterocycles. The monoisotopic (exact) mass is 249 g/mol. The molecule has 0 aromatic heterocycles. The summed E-state index contributed by atoms with van der Waals surface area (Å²) in [5, 5.41) is 3.56. The molecular weight excluding hydrogens is 226 g/mol. The molecule has 2 rings (SSSR count). The molecule has 0 bridgehead atoms. The van der Waals surface area contributed by atoms with Gasteiger partial charge in [0, 0.05) is 19.4 Å². The minimum atomic E-state index is 0.158. The molecule has 1 fully saturated rings. The van der Waals surface area contributed by atoms with Gasteiger partial charge in [0.15, 0.2) is 0 Å². The van der Waals surface area contributed by atoms with E-state index in [1.165, 1.54) is 16.8 Å². The Morgan fingerprint density at radius 3 is 2.72 bits per heavy atom. The van der Waals surface area contributed by atoms with Gasteiger partial charge < -0.3 is 14.8 Å². The molecule has 1 aromatic carbocycles. The van der Waals surface area contributed by atoms with E-state index in [9.17, 15) is 0 Å². The van der Waals surface area contributed by atoms with Crippen LogP contribution in [0.15, 0.2) is 18.2 Å². The average molecular weight is 249 g/mol. The number of nitrogens with one attached hydrogen (secondary N) is 1. The van der Waals surface area contributed by atoms with E-state index < -0.39 is 0 Å². The lowest BCUT2D eigenvalue weighted by molar-refractivity contribution is -0.118. The zero-order valence-corrected chi connectivity index (χ0v) is 11.7. The number of hydrogen-bond acceptors (Lipinski definition) is 3. The molecule has 3 nitrogen and oxygen atoms in total. The summed E-state index contributed by atoms with van der Waals surface area (Å²) < 4.78 is 11.1. The van der Waals surface area contributed by atoms with Crippen molar-refractivity contribution in [3.63, 3.8) is 0 Å². The standard InChI is InChI=1S/C15H23NO2/c1-5-18-14-9-13(15(14)17-4)16-12-7-6-10(2)8-11(12)3/h6-8,13-16H,5,9H2,1-4H3. The van der Waals surface area contributed by atoms with Crippen LogP contribution in [0.1, 0.15) is 24.5 Å². The van der Waals surface area contributed by atoms with Gasteiger partial charge in [-0.2, -0.15) is 0 Å². The summed E-state index contributed by atoms with van der Waals surface area (Å²) in [5.41, 5.74) is 3.77. The molecule has 1 aromatic rings. The molecule has 1 aliphatic rings. The summed E-state index contributed by atoms with van der Waals surface area (Å²) in [6.45, 7) is 7.03. The lowest BCUT2D eigenvalue weighted by Crippen LogP contribution is -2.56. The second-order valence-electron chi connectivity index (χ2n) is 5.00. The number of anilines is 1. The van der Waals surface area contributed by atoms with Crippen LogP contribution < -0.4 is 5.32 Å². The van der Waals surface area contributed by atoms with Crippen LogP contribution in [0.25, 0.3) is 0 Å². The van der Waals surface area contributed by atoms with Gasteiger partial charge in [-0.25, -0.2) is 0 Å². The molecule has 3 atom stereocenters. The van der Waals surface area contributed by atoms with E-state index in [0.717, 1.165) is 13.0 Å². The van der Waals surface area contributed by atoms with Gasteiger partial charge in [-0.15, -0.1) is 0 Å². The number of ether oxygens (including phenoxy) is 2. The fourth-order valence-corrected chi connectivity index (χ4v) is 2.59. The van der Waals surface area contributed by atoms with E-state index in [1.807, 2.05) is 6.92 Å². The van der Waals surface area contributed by atoms with Crippen LogP contribution in [-0.2, 0) is 9.47 Å². The van der Waals surface area contributed by atoms with Gasteiger partial charge in [0.05, 0.1) is 12.1 Å². The van der Waals surface area contributed by atoms with Crippen molar-refractivity contribution in [2.45, 2.75) is 45.4 Å². The Morgan fingerprint density at radius 1 is 1.33 bits per heavy atom. The highest BCUT2D eigenvalue weighted by atomic mass is 16.5. The van der Waals surface area contributed by atoms with E-state index in [0.29, 0.717) is 6.04 Å². The first-order chi connectivity index (χ1) is 8.65. The molecule has 0 heterocycles. The van der Waals surface area contributed by atoms with Gasteiger partial charge in [0.1, 0.15) is 6.10 Å². The Balaban J connectivity index is 1.98. The number of hydrogen-bond donors (Lipinski definition) is 1. The van der Waals surface area contributed by atoms with Crippen LogP contribution in [0.5, 0.6) is 0 Å². The van der Waals surface area contributed by atoms with Crippen LogP contribution in [0.3, 0.4) is 0 Å². The lowest BCUT2D eigenvalue weighted by Gasteiger charge is -2.44. The molecular formula is C15H23NO2. The molecule has 1 saturated carbocycles. The van der Waals surface area contributed by atoms with Gasteiger partial charge in [0.2, 0.25) is 0 Å². The molecule has 100 valence electrons. The van der Waals surface area contributed by atoms with Gasteiger partial charge in [-0.1, -0.05) is 17.7 Å². The average Bonchev–Trinajstić information content (AvgIpc) is 2.31. The number of benzene rings is 1. The van der Waals surface area contributed by atoms with Crippen molar-refractivity contribution >= 4 is 5.69 Å². The van der Waals surface area contributed by atoms with Crippen LogP contribution in [0.4, 0.5) is 5.69 Å². The molecule has 1 aliphatic carbocycles. The topological polar surface area (TPSA) is 30.5 Å². The van der Waals surface area contributed by atoms with Gasteiger partial charge >= 0.3 is 0 Å². The van der Waals surface area contributed by atoms with Gasteiger partial charge in [-0.3, -0.25) is 0 Å². The largest absolute Gasteiger partial charge is 0.379 e. The molecule has 18 heavy (non-hydrogen) atoms. The second kappa shape index (κ2) is 5.72. The maximum atomic E-state index is 5.63. The molecule has 1 N–H and O–H groups in total. The smallest absolute Gasteiger partial charge is 0.103 e. The maximum Gasteiger partial charge on any atom is 0.103 e. The van der Waals surface area contributed by atoms with Crippen LogP contribution in [-0.4, -0.2) is 32.0 Å². The van der Waals surface area contributed by atoms with E-state index in [2.05, 4.69) is 37.4 Å². The Labute approximate surface area is 109 Å². The third-order valence-electron chi connectivity index (χ3n) is 3.62. The lowest BCUT2D eigenvalue weighted by atomic mass is 9.84. The third kappa shape index (κ3) is 2.68. The Bertz CT molecular complexity index is 405. The normalized spacial score (nSPS) is 26.8. The van der Waals surface area contributed by atoms with Crippen LogP contribution >= 0.6 is 0 Å². The fourth-order valence-electron chi connectivity index (χ4n) is 2.59. The Hall–Kier alpha value is -1.06. The summed E-state index contributed by atoms with van der Waals surface area (Å²) in [6.07, 6.45) is 1.41. The van der Waals surface area contributed by atoms with E-state index in [1.54, 1.807) is 7.11 Å². The van der Waals surface area contributed by atoms with Crippen molar-refractivity contribution < 1.29 is 9.47 Å². The predicted octanol–water partition coefficient (Wildman–Crippen LogP) is 2.91. The van der Waals surface area contributed by atoms with Crippen LogP contribution in [0, 0.1) is 13.8 Å². The SMILES string of the molecule is CCOC1CC(Nc2ccc(C)cc2C)C1OC. The fraction of sp³-hybridized carbons (Fsp3) is 0.600. The van der Waals surface area contributed by atoms with E-state index in [4.69, 9.17) is 9.47 Å². The first-order valence-electron chi connectivity index (χ1n) is 6.64. The molecule has 0 radical (unpaired) electrons. The van der Waals surface area contributed by atoms with E-state index >= 15 is 0 Å². The predicted molar refractivity (Wildman–Crippen MR) is 74.2 cm³/mol. The van der Waals surface area contributed by atoms with Crippen molar-refractivity contribution in [2.24, 2.45) is 0 Å². The maximum absolute atomic E-state index is 5.63. The van der Waals surface area contributed by atoms with Gasteiger partial charge in [0.25, 0.3) is 0 Å². The highest BCUT2D eigenvalue weighted by Crippen LogP contribution is 2.30. The zero-order chi connectivity index (χ0) is 13.1. The molecule has 3 unspecified atom stereocenters. The van der Waals surface area contributed by atoms with Crippen molar-refractivity contribution in [3.8, 4) is 0 Å².